The van der Waals surface area contributed by atoms with Gasteiger partial charge in [-0.1, -0.05) is 12.1 Å². The average molecular weight is 227 g/mol. The number of imidazole rings is 1. The van der Waals surface area contributed by atoms with Crippen molar-refractivity contribution < 1.29 is 13.2 Å². The van der Waals surface area contributed by atoms with E-state index in [0.29, 0.717) is 11.3 Å². The summed E-state index contributed by atoms with van der Waals surface area (Å²) in [4.78, 5) is 6.40. The summed E-state index contributed by atoms with van der Waals surface area (Å²) in [7, 11) is 0. The number of nitrogens with two attached hydrogens (primary N) is 1. The first-order valence-electron chi connectivity index (χ1n) is 4.45. The van der Waals surface area contributed by atoms with E-state index in [1.54, 1.807) is 6.07 Å². The first kappa shape index (κ1) is 10.5. The van der Waals surface area contributed by atoms with Crippen LogP contribution in [0.1, 0.15) is 5.56 Å². The van der Waals surface area contributed by atoms with Gasteiger partial charge in [0.25, 0.3) is 0 Å². The van der Waals surface area contributed by atoms with Gasteiger partial charge in [-0.15, -0.1) is 0 Å². The van der Waals surface area contributed by atoms with Crippen LogP contribution in [0.4, 0.5) is 19.1 Å². The summed E-state index contributed by atoms with van der Waals surface area (Å²) in [6.45, 7) is 0. The van der Waals surface area contributed by atoms with E-state index in [4.69, 9.17) is 5.73 Å². The summed E-state index contributed by atoms with van der Waals surface area (Å²) in [5.41, 5.74) is 5.52. The molecular formula is C10H8F3N3. The molecule has 0 radical (unpaired) electrons. The van der Waals surface area contributed by atoms with E-state index in [1.165, 1.54) is 12.3 Å². The molecular weight excluding hydrogens is 219 g/mol. The first-order valence-corrected chi connectivity index (χ1v) is 4.45. The molecule has 1 heterocycles. The molecule has 0 aliphatic rings. The smallest absolute Gasteiger partial charge is 0.369 e. The fourth-order valence-corrected chi connectivity index (χ4v) is 1.35. The molecule has 2 rings (SSSR count). The van der Waals surface area contributed by atoms with Crippen LogP contribution >= 0.6 is 0 Å². The van der Waals surface area contributed by atoms with Crippen molar-refractivity contribution >= 4 is 5.95 Å². The van der Waals surface area contributed by atoms with Gasteiger partial charge in [0.15, 0.2) is 5.95 Å². The molecule has 0 aliphatic carbocycles. The van der Waals surface area contributed by atoms with Crippen molar-refractivity contribution in [2.24, 2.45) is 0 Å². The van der Waals surface area contributed by atoms with Crippen molar-refractivity contribution in [1.82, 2.24) is 9.97 Å². The number of hydrogen-bond donors (Lipinski definition) is 2. The molecule has 0 saturated heterocycles. The molecule has 0 bridgehead atoms. The van der Waals surface area contributed by atoms with Crippen LogP contribution in [0, 0.1) is 0 Å². The maximum Gasteiger partial charge on any atom is 0.416 e. The van der Waals surface area contributed by atoms with Crippen LogP contribution in [0.25, 0.3) is 11.3 Å². The molecule has 0 saturated carbocycles. The lowest BCUT2D eigenvalue weighted by Crippen LogP contribution is -2.04. The Labute approximate surface area is 89.1 Å². The fourth-order valence-electron chi connectivity index (χ4n) is 1.35. The number of aromatic amines is 1. The molecule has 0 fully saturated rings. The minimum atomic E-state index is -4.35. The van der Waals surface area contributed by atoms with E-state index in [0.717, 1.165) is 12.1 Å². The van der Waals surface area contributed by atoms with Gasteiger partial charge in [0.2, 0.25) is 0 Å². The van der Waals surface area contributed by atoms with Gasteiger partial charge in [-0.3, -0.25) is 0 Å². The topological polar surface area (TPSA) is 54.7 Å². The van der Waals surface area contributed by atoms with Gasteiger partial charge in [0, 0.05) is 5.56 Å². The molecule has 0 spiro atoms. The van der Waals surface area contributed by atoms with E-state index in [-0.39, 0.29) is 5.95 Å². The van der Waals surface area contributed by atoms with Gasteiger partial charge < -0.3 is 10.7 Å². The van der Waals surface area contributed by atoms with Crippen molar-refractivity contribution in [3.8, 4) is 11.3 Å². The zero-order valence-corrected chi connectivity index (χ0v) is 8.05. The average Bonchev–Trinajstić information content (AvgIpc) is 2.64. The number of rotatable bonds is 1. The SMILES string of the molecule is Nc1ncc(-c2cccc(C(F)(F)F)c2)[nH]1. The molecule has 0 aliphatic heterocycles. The zero-order chi connectivity index (χ0) is 11.8. The van der Waals surface area contributed by atoms with Crippen LogP contribution in [0.5, 0.6) is 0 Å². The van der Waals surface area contributed by atoms with E-state index < -0.39 is 11.7 Å². The molecule has 6 heteroatoms. The van der Waals surface area contributed by atoms with Crippen LogP contribution in [0.2, 0.25) is 0 Å². The van der Waals surface area contributed by atoms with Crippen molar-refractivity contribution in [1.29, 1.82) is 0 Å². The van der Waals surface area contributed by atoms with Crippen LogP contribution in [0.3, 0.4) is 0 Å². The third-order valence-corrected chi connectivity index (χ3v) is 2.10. The first-order chi connectivity index (χ1) is 7.47. The Bertz CT molecular complexity index is 502. The second kappa shape index (κ2) is 3.55. The number of nitrogens with zero attached hydrogens (tertiary/aromatic N) is 1. The third kappa shape index (κ3) is 2.00. The molecule has 0 atom stereocenters. The van der Waals surface area contributed by atoms with Crippen molar-refractivity contribution in [3.63, 3.8) is 0 Å². The number of hydrogen-bond acceptors (Lipinski definition) is 2. The summed E-state index contributed by atoms with van der Waals surface area (Å²) in [6.07, 6.45) is -2.95. The summed E-state index contributed by atoms with van der Waals surface area (Å²) in [6, 6.07) is 4.97. The van der Waals surface area contributed by atoms with Crippen molar-refractivity contribution in [2.75, 3.05) is 5.73 Å². The molecule has 1 aromatic carbocycles. The second-order valence-corrected chi connectivity index (χ2v) is 3.26. The summed E-state index contributed by atoms with van der Waals surface area (Å²) in [5, 5.41) is 0. The predicted molar refractivity (Wildman–Crippen MR) is 53.4 cm³/mol. The van der Waals surface area contributed by atoms with Gasteiger partial charge in [-0.25, -0.2) is 4.98 Å². The Morgan fingerprint density at radius 3 is 2.56 bits per heavy atom. The summed E-state index contributed by atoms with van der Waals surface area (Å²) < 4.78 is 37.3. The monoisotopic (exact) mass is 227 g/mol. The van der Waals surface area contributed by atoms with E-state index in [9.17, 15) is 13.2 Å². The van der Waals surface area contributed by atoms with Gasteiger partial charge >= 0.3 is 6.18 Å². The maximum atomic E-state index is 12.4. The highest BCUT2D eigenvalue weighted by molar-refractivity contribution is 5.61. The lowest BCUT2D eigenvalue weighted by atomic mass is 10.1. The van der Waals surface area contributed by atoms with Gasteiger partial charge in [-0.2, -0.15) is 13.2 Å². The molecule has 0 amide bonds. The number of benzene rings is 1. The second-order valence-electron chi connectivity index (χ2n) is 3.26. The zero-order valence-electron chi connectivity index (χ0n) is 8.05. The Morgan fingerprint density at radius 1 is 1.25 bits per heavy atom. The minimum Gasteiger partial charge on any atom is -0.369 e. The summed E-state index contributed by atoms with van der Waals surface area (Å²) >= 11 is 0. The van der Waals surface area contributed by atoms with Crippen molar-refractivity contribution in [2.45, 2.75) is 6.18 Å². The quantitative estimate of drug-likeness (QED) is 0.786. The Hall–Kier alpha value is -1.98. The largest absolute Gasteiger partial charge is 0.416 e. The van der Waals surface area contributed by atoms with E-state index in [1.807, 2.05) is 0 Å². The third-order valence-electron chi connectivity index (χ3n) is 2.10. The van der Waals surface area contributed by atoms with Crippen LogP contribution in [-0.2, 0) is 6.18 Å². The number of H-pyrrole nitrogens is 1. The molecule has 2 aromatic rings. The highest BCUT2D eigenvalue weighted by Gasteiger charge is 2.30. The lowest BCUT2D eigenvalue weighted by Gasteiger charge is -2.07. The minimum absolute atomic E-state index is 0.174. The normalized spacial score (nSPS) is 11.7. The van der Waals surface area contributed by atoms with Crippen molar-refractivity contribution in [3.05, 3.63) is 36.0 Å². The molecule has 3 nitrogen and oxygen atoms in total. The number of nitrogens with one attached hydrogen (secondary N) is 1. The summed E-state index contributed by atoms with van der Waals surface area (Å²) in [5.74, 6) is 0.174. The van der Waals surface area contributed by atoms with Crippen LogP contribution < -0.4 is 5.73 Å². The predicted octanol–water partition coefficient (Wildman–Crippen LogP) is 2.68. The fraction of sp³-hybridized carbons (Fsp3) is 0.100. The Morgan fingerprint density at radius 2 is 2.00 bits per heavy atom. The number of alkyl halides is 3. The highest BCUT2D eigenvalue weighted by atomic mass is 19.4. The molecule has 3 N–H and O–H groups in total. The number of aromatic nitrogens is 2. The van der Waals surface area contributed by atoms with Crippen LogP contribution in [0.15, 0.2) is 30.5 Å². The number of anilines is 1. The molecule has 84 valence electrons. The van der Waals surface area contributed by atoms with Gasteiger partial charge in [0.1, 0.15) is 0 Å². The number of halogens is 3. The standard InChI is InChI=1S/C10H8F3N3/c11-10(12,13)7-3-1-2-6(4-7)8-5-15-9(14)16-8/h1-5H,(H3,14,15,16). The molecule has 1 aromatic heterocycles. The van der Waals surface area contributed by atoms with Gasteiger partial charge in [0.05, 0.1) is 17.5 Å². The van der Waals surface area contributed by atoms with Gasteiger partial charge in [-0.05, 0) is 12.1 Å². The maximum absolute atomic E-state index is 12.4. The molecule has 16 heavy (non-hydrogen) atoms. The number of nitrogen functional groups attached to an aromatic ring is 1. The molecule has 0 unspecified atom stereocenters. The Kier molecular flexibility index (Phi) is 2.34. The van der Waals surface area contributed by atoms with E-state index >= 15 is 0 Å². The Balaban J connectivity index is 2.44. The van der Waals surface area contributed by atoms with E-state index in [2.05, 4.69) is 9.97 Å². The highest BCUT2D eigenvalue weighted by Crippen LogP contribution is 2.31. The van der Waals surface area contributed by atoms with Crippen LogP contribution in [-0.4, -0.2) is 9.97 Å². The lowest BCUT2D eigenvalue weighted by molar-refractivity contribution is -0.137.